The Morgan fingerprint density at radius 3 is 2.21 bits per heavy atom. The maximum absolute atomic E-state index is 6.04. The zero-order chi connectivity index (χ0) is 21.1. The molecule has 1 saturated heterocycles. The minimum absolute atomic E-state index is 0.0446. The van der Waals surface area contributed by atoms with Gasteiger partial charge in [0.25, 0.3) is 0 Å². The SMILES string of the molecule is CC(C)(C)Cc1ccc(N2CCN(CCOC3CC(OC(C)(C)C)C3)CC2)nc1. The number of piperazine rings is 1. The third-order valence-corrected chi connectivity index (χ3v) is 5.57. The summed E-state index contributed by atoms with van der Waals surface area (Å²) < 4.78 is 12.0. The summed E-state index contributed by atoms with van der Waals surface area (Å²) in [5.74, 6) is 1.11. The van der Waals surface area contributed by atoms with E-state index in [-0.39, 0.29) is 5.60 Å². The summed E-state index contributed by atoms with van der Waals surface area (Å²) in [6.07, 6.45) is 5.98. The second-order valence-corrected chi connectivity index (χ2v) is 10.9. The molecule has 2 fully saturated rings. The van der Waals surface area contributed by atoms with E-state index in [0.717, 1.165) is 64.4 Å². The van der Waals surface area contributed by atoms with E-state index in [0.29, 0.717) is 17.6 Å². The molecular formula is C24H41N3O2. The Morgan fingerprint density at radius 2 is 1.66 bits per heavy atom. The molecule has 0 spiro atoms. The van der Waals surface area contributed by atoms with Crippen LogP contribution in [0.25, 0.3) is 0 Å². The standard InChI is InChI=1S/C24H41N3O2/c1-23(2,3)17-19-7-8-22(25-18-19)27-11-9-26(10-12-27)13-14-28-20-15-21(16-20)29-24(4,5)6/h7-8,18,20-21H,9-17H2,1-6H3. The lowest BCUT2D eigenvalue weighted by Gasteiger charge is -2.39. The predicted octanol–water partition coefficient (Wildman–Crippen LogP) is 4.15. The van der Waals surface area contributed by atoms with Gasteiger partial charge in [0, 0.05) is 38.9 Å². The van der Waals surface area contributed by atoms with E-state index in [1.54, 1.807) is 0 Å². The molecule has 29 heavy (non-hydrogen) atoms. The number of pyridine rings is 1. The molecule has 0 bridgehead atoms. The molecule has 2 aliphatic rings. The fourth-order valence-electron chi connectivity index (χ4n) is 4.12. The number of rotatable bonds is 7. The quantitative estimate of drug-likeness (QED) is 0.684. The molecule has 0 radical (unpaired) electrons. The van der Waals surface area contributed by atoms with Gasteiger partial charge in [-0.25, -0.2) is 4.98 Å². The van der Waals surface area contributed by atoms with E-state index >= 15 is 0 Å². The molecule has 5 nitrogen and oxygen atoms in total. The zero-order valence-electron chi connectivity index (χ0n) is 19.4. The van der Waals surface area contributed by atoms with Gasteiger partial charge in [-0.1, -0.05) is 26.8 Å². The van der Waals surface area contributed by atoms with Crippen molar-refractivity contribution >= 4 is 5.82 Å². The molecule has 0 unspecified atom stereocenters. The van der Waals surface area contributed by atoms with Crippen LogP contribution in [-0.4, -0.2) is 67.0 Å². The minimum Gasteiger partial charge on any atom is -0.377 e. The summed E-state index contributed by atoms with van der Waals surface area (Å²) in [5, 5.41) is 0. The van der Waals surface area contributed by atoms with Crippen LogP contribution in [0.15, 0.2) is 18.3 Å². The fraction of sp³-hybridized carbons (Fsp3) is 0.792. The van der Waals surface area contributed by atoms with Crippen molar-refractivity contribution in [2.75, 3.05) is 44.2 Å². The molecule has 3 rings (SSSR count). The van der Waals surface area contributed by atoms with Crippen molar-refractivity contribution in [1.29, 1.82) is 0 Å². The summed E-state index contributed by atoms with van der Waals surface area (Å²) >= 11 is 0. The van der Waals surface area contributed by atoms with Crippen LogP contribution in [0.3, 0.4) is 0 Å². The Kier molecular flexibility index (Phi) is 7.23. The lowest BCUT2D eigenvalue weighted by Crippen LogP contribution is -2.48. The summed E-state index contributed by atoms with van der Waals surface area (Å²) in [6.45, 7) is 19.3. The van der Waals surface area contributed by atoms with Crippen LogP contribution in [0.5, 0.6) is 0 Å². The van der Waals surface area contributed by atoms with Crippen molar-refractivity contribution in [2.24, 2.45) is 5.41 Å². The summed E-state index contributed by atoms with van der Waals surface area (Å²) in [6, 6.07) is 4.43. The third-order valence-electron chi connectivity index (χ3n) is 5.57. The fourth-order valence-corrected chi connectivity index (χ4v) is 4.12. The van der Waals surface area contributed by atoms with E-state index in [1.165, 1.54) is 5.56 Å². The summed E-state index contributed by atoms with van der Waals surface area (Å²) in [5.41, 5.74) is 1.58. The van der Waals surface area contributed by atoms with Gasteiger partial charge in [-0.2, -0.15) is 0 Å². The van der Waals surface area contributed by atoms with Crippen LogP contribution < -0.4 is 4.90 Å². The number of nitrogens with zero attached hydrogens (tertiary/aromatic N) is 3. The molecule has 2 heterocycles. The van der Waals surface area contributed by atoms with E-state index in [1.807, 2.05) is 0 Å². The number of anilines is 1. The first-order valence-corrected chi connectivity index (χ1v) is 11.3. The Balaban J connectivity index is 1.31. The van der Waals surface area contributed by atoms with Gasteiger partial charge in [0.1, 0.15) is 5.82 Å². The number of hydrogen-bond acceptors (Lipinski definition) is 5. The van der Waals surface area contributed by atoms with Gasteiger partial charge in [0.05, 0.1) is 24.4 Å². The van der Waals surface area contributed by atoms with Crippen molar-refractivity contribution in [3.63, 3.8) is 0 Å². The van der Waals surface area contributed by atoms with Crippen molar-refractivity contribution in [2.45, 2.75) is 78.6 Å². The molecule has 1 aromatic rings. The zero-order valence-corrected chi connectivity index (χ0v) is 19.4. The highest BCUT2D eigenvalue weighted by molar-refractivity contribution is 5.40. The first kappa shape index (κ1) is 22.5. The van der Waals surface area contributed by atoms with E-state index in [2.05, 4.69) is 69.7 Å². The summed E-state index contributed by atoms with van der Waals surface area (Å²) in [7, 11) is 0. The number of aromatic nitrogens is 1. The average Bonchev–Trinajstić information content (AvgIpc) is 2.58. The molecule has 1 aliphatic carbocycles. The van der Waals surface area contributed by atoms with Crippen LogP contribution >= 0.6 is 0 Å². The van der Waals surface area contributed by atoms with E-state index in [4.69, 9.17) is 14.5 Å². The van der Waals surface area contributed by atoms with Gasteiger partial charge >= 0.3 is 0 Å². The Hall–Kier alpha value is -1.17. The predicted molar refractivity (Wildman–Crippen MR) is 120 cm³/mol. The third kappa shape index (κ3) is 7.54. The van der Waals surface area contributed by atoms with Crippen LogP contribution in [0.4, 0.5) is 5.82 Å². The van der Waals surface area contributed by atoms with Gasteiger partial charge in [-0.3, -0.25) is 4.90 Å². The van der Waals surface area contributed by atoms with Gasteiger partial charge in [-0.15, -0.1) is 0 Å². The number of hydrogen-bond donors (Lipinski definition) is 0. The highest BCUT2D eigenvalue weighted by atomic mass is 16.5. The van der Waals surface area contributed by atoms with Crippen molar-refractivity contribution in [1.82, 2.24) is 9.88 Å². The van der Waals surface area contributed by atoms with Crippen LogP contribution in [0, 0.1) is 5.41 Å². The molecule has 164 valence electrons. The highest BCUT2D eigenvalue weighted by Crippen LogP contribution is 2.30. The van der Waals surface area contributed by atoms with Crippen molar-refractivity contribution in [3.05, 3.63) is 23.9 Å². The second-order valence-electron chi connectivity index (χ2n) is 10.9. The molecule has 0 aromatic carbocycles. The maximum atomic E-state index is 6.04. The average molecular weight is 404 g/mol. The molecular weight excluding hydrogens is 362 g/mol. The van der Waals surface area contributed by atoms with Crippen molar-refractivity contribution in [3.8, 4) is 0 Å². The van der Waals surface area contributed by atoms with Crippen LogP contribution in [0.1, 0.15) is 59.9 Å². The maximum Gasteiger partial charge on any atom is 0.128 e. The largest absolute Gasteiger partial charge is 0.377 e. The topological polar surface area (TPSA) is 37.8 Å². The van der Waals surface area contributed by atoms with Crippen molar-refractivity contribution < 1.29 is 9.47 Å². The monoisotopic (exact) mass is 403 g/mol. The lowest BCUT2D eigenvalue weighted by molar-refractivity contribution is -0.149. The molecule has 5 heteroatoms. The molecule has 1 aromatic heterocycles. The normalized spacial score (nSPS) is 23.9. The Morgan fingerprint density at radius 1 is 0.966 bits per heavy atom. The van der Waals surface area contributed by atoms with Gasteiger partial charge in [-0.05, 0) is 57.1 Å². The first-order chi connectivity index (χ1) is 13.6. The van der Waals surface area contributed by atoms with E-state index in [9.17, 15) is 0 Å². The molecule has 1 saturated carbocycles. The highest BCUT2D eigenvalue weighted by Gasteiger charge is 2.33. The first-order valence-electron chi connectivity index (χ1n) is 11.3. The Bertz CT molecular complexity index is 619. The van der Waals surface area contributed by atoms with E-state index < -0.39 is 0 Å². The molecule has 0 N–H and O–H groups in total. The molecule has 0 amide bonds. The lowest BCUT2D eigenvalue weighted by atomic mass is 9.89. The Labute approximate surface area is 177 Å². The number of ether oxygens (including phenoxy) is 2. The minimum atomic E-state index is -0.0446. The van der Waals surface area contributed by atoms with Crippen LogP contribution in [-0.2, 0) is 15.9 Å². The molecule has 1 aliphatic heterocycles. The second kappa shape index (κ2) is 9.32. The van der Waals surface area contributed by atoms with Gasteiger partial charge in [0.2, 0.25) is 0 Å². The smallest absolute Gasteiger partial charge is 0.128 e. The molecule has 0 atom stereocenters. The van der Waals surface area contributed by atoms with Gasteiger partial charge < -0.3 is 14.4 Å². The summed E-state index contributed by atoms with van der Waals surface area (Å²) in [4.78, 5) is 9.63. The van der Waals surface area contributed by atoms with Gasteiger partial charge in [0.15, 0.2) is 0 Å². The van der Waals surface area contributed by atoms with Crippen LogP contribution in [0.2, 0.25) is 0 Å².